The van der Waals surface area contributed by atoms with E-state index in [9.17, 15) is 24.3 Å². The Balaban J connectivity index is 0.000000250. The molecule has 0 spiro atoms. The summed E-state index contributed by atoms with van der Waals surface area (Å²) in [5.74, 6) is -1.65. The van der Waals surface area contributed by atoms with Gasteiger partial charge in [0.05, 0.1) is 12.6 Å². The molecule has 0 saturated heterocycles. The number of aromatic amines is 1. The fourth-order valence-corrected chi connectivity index (χ4v) is 3.23. The fourth-order valence-electron chi connectivity index (χ4n) is 3.23. The fraction of sp³-hybridized carbons (Fsp3) is 0.133. The number of carbonyl (C=O) groups excluding carboxylic acids is 3. The van der Waals surface area contributed by atoms with Crippen molar-refractivity contribution in [1.82, 2.24) is 36.7 Å². The molecule has 0 atom stereocenters. The maximum absolute atomic E-state index is 11.6. The van der Waals surface area contributed by atoms with Gasteiger partial charge in [0.1, 0.15) is 11.4 Å². The van der Waals surface area contributed by atoms with E-state index in [0.29, 0.717) is 34.7 Å². The van der Waals surface area contributed by atoms with Crippen molar-refractivity contribution < 1.29 is 34.4 Å². The highest BCUT2D eigenvalue weighted by Gasteiger charge is 2.14. The largest absolute Gasteiger partial charge is 0.550 e. The van der Waals surface area contributed by atoms with Crippen LogP contribution in [0.15, 0.2) is 108 Å². The van der Waals surface area contributed by atoms with Gasteiger partial charge in [-0.25, -0.2) is 15.0 Å². The van der Waals surface area contributed by atoms with E-state index in [2.05, 4.69) is 51.6 Å². The minimum atomic E-state index is -1.28. The number of nitrogens with one attached hydrogen (secondary N) is 5. The average Bonchev–Trinajstić information content (AvgIpc) is 3.08. The minimum absolute atomic E-state index is 0.137. The van der Waals surface area contributed by atoms with Gasteiger partial charge in [-0.15, -0.1) is 0 Å². The molecule has 0 aliphatic heterocycles. The molecule has 4 aromatic rings. The van der Waals surface area contributed by atoms with Gasteiger partial charge >= 0.3 is 11.8 Å². The molecule has 6 N–H and O–H groups in total. The molecule has 0 aliphatic rings. The van der Waals surface area contributed by atoms with Gasteiger partial charge in [-0.05, 0) is 53.9 Å². The van der Waals surface area contributed by atoms with Crippen molar-refractivity contribution in [1.29, 1.82) is 0 Å². The number of aliphatic carboxylic acids is 2. The van der Waals surface area contributed by atoms with Crippen LogP contribution in [0.1, 0.15) is 37.1 Å². The Kier molecular flexibility index (Phi) is 13.9. The summed E-state index contributed by atoms with van der Waals surface area (Å²) in [7, 11) is 0. The van der Waals surface area contributed by atoms with Crippen LogP contribution in [0.3, 0.4) is 0 Å². The topological polar surface area (TPSA) is 237 Å². The van der Waals surface area contributed by atoms with Gasteiger partial charge in [-0.1, -0.05) is 24.3 Å². The Labute approximate surface area is 262 Å². The first-order chi connectivity index (χ1) is 22.3. The third-order valence-corrected chi connectivity index (χ3v) is 5.38. The maximum Gasteiger partial charge on any atom is 0.323 e. The highest BCUT2D eigenvalue weighted by atomic mass is 16.4. The van der Waals surface area contributed by atoms with Gasteiger partial charge in [0.15, 0.2) is 11.7 Å². The number of amidine groups is 2. The number of nitrogens with zero attached hydrogens (tertiary/aromatic N) is 5. The quantitative estimate of drug-likeness (QED) is 0.0903. The Morgan fingerprint density at radius 2 is 1.20 bits per heavy atom. The molecule has 4 heterocycles. The van der Waals surface area contributed by atoms with E-state index in [1.807, 2.05) is 12.1 Å². The van der Waals surface area contributed by atoms with Gasteiger partial charge in [-0.3, -0.25) is 46.1 Å². The van der Waals surface area contributed by atoms with Crippen LogP contribution < -0.4 is 31.8 Å². The lowest BCUT2D eigenvalue weighted by Gasteiger charge is -2.10. The molecular formula is C30H30N10O6. The molecule has 4 aromatic heterocycles. The number of pyridine rings is 4. The second kappa shape index (κ2) is 18.9. The van der Waals surface area contributed by atoms with Crippen molar-refractivity contribution in [3.63, 3.8) is 0 Å². The summed E-state index contributed by atoms with van der Waals surface area (Å²) in [4.78, 5) is 68.0. The standard InChI is InChI=1S/2C15H15N5O3/c2*21-13(7-8-14(22)23)19-20-15(11-5-1-3-9-16-11)18-12-6-2-4-10-17-12/h2*1-6,9-10H,7-8H2,(H,19,21)(H,22,23)(H,17,18,20). The zero-order valence-electron chi connectivity index (χ0n) is 24.3. The van der Waals surface area contributed by atoms with Crippen LogP contribution >= 0.6 is 0 Å². The summed E-state index contributed by atoms with van der Waals surface area (Å²) in [6, 6.07) is 21.2. The number of amides is 2. The Bertz CT molecular complexity index is 1500. The molecule has 0 aromatic carbocycles. The molecule has 4 rings (SSSR count). The van der Waals surface area contributed by atoms with E-state index in [-0.39, 0.29) is 25.7 Å². The lowest BCUT2D eigenvalue weighted by molar-refractivity contribution is -0.362. The van der Waals surface area contributed by atoms with Crippen LogP contribution in [0.5, 0.6) is 0 Å². The molecule has 2 amide bonds. The van der Waals surface area contributed by atoms with E-state index >= 15 is 0 Å². The lowest BCUT2D eigenvalue weighted by Crippen LogP contribution is -2.42. The van der Waals surface area contributed by atoms with Crippen molar-refractivity contribution in [2.75, 3.05) is 0 Å². The van der Waals surface area contributed by atoms with Crippen LogP contribution in [0.2, 0.25) is 0 Å². The van der Waals surface area contributed by atoms with E-state index in [1.165, 1.54) is 0 Å². The highest BCUT2D eigenvalue weighted by molar-refractivity contribution is 6.00. The number of hydrazine groups is 2. The first-order valence-electron chi connectivity index (χ1n) is 13.7. The summed E-state index contributed by atoms with van der Waals surface area (Å²) >= 11 is 0. The monoisotopic (exact) mass is 626 g/mol. The van der Waals surface area contributed by atoms with E-state index in [0.717, 1.165) is 0 Å². The van der Waals surface area contributed by atoms with Crippen LogP contribution in [0, 0.1) is 0 Å². The molecule has 16 nitrogen and oxygen atoms in total. The van der Waals surface area contributed by atoms with E-state index in [4.69, 9.17) is 5.11 Å². The summed E-state index contributed by atoms with van der Waals surface area (Å²) in [6.07, 6.45) is 5.58. The maximum atomic E-state index is 11.6. The normalized spacial score (nSPS) is 10.9. The second-order valence-electron chi connectivity index (χ2n) is 8.90. The molecule has 0 saturated carbocycles. The first-order valence-corrected chi connectivity index (χ1v) is 13.7. The van der Waals surface area contributed by atoms with Gasteiger partial charge in [0.2, 0.25) is 11.8 Å². The Morgan fingerprint density at radius 3 is 1.67 bits per heavy atom. The number of carboxylic acid groups (broad SMARTS) is 2. The number of aromatic nitrogens is 4. The Hall–Kier alpha value is -6.58. The third kappa shape index (κ3) is 13.2. The number of H-pyrrole nitrogens is 1. The number of carbonyl (C=O) groups is 4. The molecule has 236 valence electrons. The molecular weight excluding hydrogens is 596 g/mol. The van der Waals surface area contributed by atoms with Crippen LogP contribution in [0.25, 0.3) is 0 Å². The predicted molar refractivity (Wildman–Crippen MR) is 162 cm³/mol. The molecule has 0 aliphatic carbocycles. The smallest absolute Gasteiger partial charge is 0.323 e. The van der Waals surface area contributed by atoms with Crippen molar-refractivity contribution in [2.45, 2.75) is 25.7 Å². The number of hydrogen-bond donors (Lipinski definition) is 5. The second-order valence-corrected chi connectivity index (χ2v) is 8.90. The van der Waals surface area contributed by atoms with Gasteiger partial charge in [0, 0.05) is 43.5 Å². The number of carboxylic acids is 2. The summed E-state index contributed by atoms with van der Waals surface area (Å²) < 4.78 is 0. The van der Waals surface area contributed by atoms with Crippen molar-refractivity contribution in [3.8, 4) is 0 Å². The molecule has 0 bridgehead atoms. The summed E-state index contributed by atoms with van der Waals surface area (Å²) in [6.45, 7) is 0. The van der Waals surface area contributed by atoms with Crippen molar-refractivity contribution >= 4 is 47.1 Å². The number of rotatable bonds is 10. The molecule has 0 fully saturated rings. The lowest BCUT2D eigenvalue weighted by atomic mass is 10.3. The predicted octanol–water partition coefficient (Wildman–Crippen LogP) is 0.165. The SMILES string of the molecule is O=C(O)CCC(=O)NN/C(=N/c1ccccn1)c1ccccn1.O=C([O-])CCC(=O)NN/C(=N/c1cccc[nH+]1)c1ccccn1. The van der Waals surface area contributed by atoms with Crippen molar-refractivity contribution in [2.24, 2.45) is 9.98 Å². The van der Waals surface area contributed by atoms with Crippen LogP contribution in [-0.2, 0) is 19.2 Å². The summed E-state index contributed by atoms with van der Waals surface area (Å²) in [5, 5.41) is 18.9. The van der Waals surface area contributed by atoms with E-state index in [1.54, 1.807) is 85.5 Å². The Morgan fingerprint density at radius 1 is 0.652 bits per heavy atom. The molecule has 16 heteroatoms. The van der Waals surface area contributed by atoms with Gasteiger partial charge in [-0.2, -0.15) is 0 Å². The third-order valence-electron chi connectivity index (χ3n) is 5.38. The van der Waals surface area contributed by atoms with Crippen LogP contribution in [-0.4, -0.2) is 55.5 Å². The molecule has 0 unspecified atom stereocenters. The number of hydrogen-bond acceptors (Lipinski definition) is 10. The summed E-state index contributed by atoms with van der Waals surface area (Å²) in [5.41, 5.74) is 11.2. The van der Waals surface area contributed by atoms with Crippen LogP contribution in [0.4, 0.5) is 11.6 Å². The average molecular weight is 627 g/mol. The minimum Gasteiger partial charge on any atom is -0.550 e. The van der Waals surface area contributed by atoms with Crippen molar-refractivity contribution in [3.05, 3.63) is 109 Å². The van der Waals surface area contributed by atoms with E-state index < -0.39 is 23.8 Å². The van der Waals surface area contributed by atoms with Gasteiger partial charge in [0.25, 0.3) is 5.84 Å². The first kappa shape index (κ1) is 33.9. The zero-order valence-corrected chi connectivity index (χ0v) is 24.3. The highest BCUT2D eigenvalue weighted by Crippen LogP contribution is 2.08. The zero-order chi connectivity index (χ0) is 33.0. The van der Waals surface area contributed by atoms with Gasteiger partial charge < -0.3 is 15.0 Å². The molecule has 46 heavy (non-hydrogen) atoms. The molecule has 0 radical (unpaired) electrons. The number of aliphatic imine (C=N–C) groups is 2.